The minimum Gasteiger partial charge on any atom is -0.394 e. The molecule has 1 unspecified atom stereocenters. The van der Waals surface area contributed by atoms with Crippen LogP contribution in [0.25, 0.3) is 11.2 Å². The predicted molar refractivity (Wildman–Crippen MR) is 79.2 cm³/mol. The summed E-state index contributed by atoms with van der Waals surface area (Å²) in [6.45, 7) is 1.24. The first kappa shape index (κ1) is 17.0. The van der Waals surface area contributed by atoms with Gasteiger partial charge in [-0.3, -0.25) is 4.57 Å². The van der Waals surface area contributed by atoms with Crippen LogP contribution in [0.15, 0.2) is 12.7 Å². The van der Waals surface area contributed by atoms with Crippen molar-refractivity contribution >= 4 is 17.0 Å². The van der Waals surface area contributed by atoms with Gasteiger partial charge in [0.25, 0.3) is 0 Å². The fourth-order valence-corrected chi connectivity index (χ4v) is 2.43. The van der Waals surface area contributed by atoms with E-state index in [-0.39, 0.29) is 12.4 Å². The van der Waals surface area contributed by atoms with Gasteiger partial charge in [-0.2, -0.15) is 0 Å². The van der Waals surface area contributed by atoms with E-state index in [1.165, 1.54) is 24.3 Å². The van der Waals surface area contributed by atoms with Gasteiger partial charge in [0.15, 0.2) is 30.1 Å². The number of hydrogen-bond donors (Lipinski definition) is 3. The molecule has 11 heteroatoms. The first-order chi connectivity index (χ1) is 11.6. The Morgan fingerprint density at radius 3 is 2.92 bits per heavy atom. The second kappa shape index (κ2) is 6.93. The molecule has 3 heterocycles. The van der Waals surface area contributed by atoms with Crippen LogP contribution in [-0.2, 0) is 19.2 Å². The van der Waals surface area contributed by atoms with Crippen molar-refractivity contribution in [1.29, 1.82) is 0 Å². The number of fused-ring (bicyclic) bond motifs is 1. The summed E-state index contributed by atoms with van der Waals surface area (Å²) < 4.78 is 12.1. The molecule has 1 aliphatic heterocycles. The summed E-state index contributed by atoms with van der Waals surface area (Å²) >= 11 is 0. The maximum atomic E-state index is 10.3. The van der Waals surface area contributed by atoms with Crippen LogP contribution >= 0.6 is 0 Å². The van der Waals surface area contributed by atoms with E-state index in [4.69, 9.17) is 25.0 Å². The van der Waals surface area contributed by atoms with Crippen LogP contribution in [0.4, 0.5) is 5.82 Å². The van der Waals surface area contributed by atoms with Crippen LogP contribution in [0.3, 0.4) is 0 Å². The topological polar surface area (TPSA) is 147 Å². The molecule has 0 amide bonds. The molecular weight excluding hydrogens is 322 g/mol. The van der Waals surface area contributed by atoms with Crippen molar-refractivity contribution in [1.82, 2.24) is 19.5 Å². The molecule has 5 atom stereocenters. The number of imidazole rings is 1. The summed E-state index contributed by atoms with van der Waals surface area (Å²) in [5.41, 5.74) is 6.58. The highest BCUT2D eigenvalue weighted by Crippen LogP contribution is 2.34. The number of rotatable bonds is 6. The van der Waals surface area contributed by atoms with Crippen LogP contribution in [-0.4, -0.2) is 68.1 Å². The SMILES string of the molecule is COC(C)OO[C@@H]1[C@H](O)[C@@H](CO)O[C@H]1n1cnc2c(N)ncnc21. The fourth-order valence-electron chi connectivity index (χ4n) is 2.43. The van der Waals surface area contributed by atoms with E-state index >= 15 is 0 Å². The average molecular weight is 341 g/mol. The van der Waals surface area contributed by atoms with E-state index in [1.807, 2.05) is 0 Å². The molecule has 1 saturated heterocycles. The minimum absolute atomic E-state index is 0.220. The third-order valence-electron chi connectivity index (χ3n) is 3.79. The predicted octanol–water partition coefficient (Wildman–Crippen LogP) is -1.03. The lowest BCUT2D eigenvalue weighted by Gasteiger charge is -2.22. The number of ether oxygens (including phenoxy) is 2. The van der Waals surface area contributed by atoms with Crippen molar-refractivity contribution in [3.8, 4) is 0 Å². The second-order valence-electron chi connectivity index (χ2n) is 5.28. The molecule has 3 rings (SSSR count). The molecule has 1 fully saturated rings. The number of nitrogens with zero attached hydrogens (tertiary/aromatic N) is 4. The van der Waals surface area contributed by atoms with Gasteiger partial charge in [-0.25, -0.2) is 24.7 Å². The van der Waals surface area contributed by atoms with Gasteiger partial charge in [0.1, 0.15) is 24.1 Å². The molecular formula is C13H19N5O6. The molecule has 24 heavy (non-hydrogen) atoms. The monoisotopic (exact) mass is 341 g/mol. The minimum atomic E-state index is -1.12. The smallest absolute Gasteiger partial charge is 0.188 e. The van der Waals surface area contributed by atoms with Gasteiger partial charge in [0, 0.05) is 7.11 Å². The summed E-state index contributed by atoms with van der Waals surface area (Å²) in [4.78, 5) is 22.5. The van der Waals surface area contributed by atoms with Crippen molar-refractivity contribution in [3.63, 3.8) is 0 Å². The Morgan fingerprint density at radius 2 is 2.21 bits per heavy atom. The van der Waals surface area contributed by atoms with Crippen molar-refractivity contribution < 1.29 is 29.5 Å². The molecule has 0 saturated carbocycles. The van der Waals surface area contributed by atoms with Crippen LogP contribution in [0.1, 0.15) is 13.2 Å². The number of hydrogen-bond acceptors (Lipinski definition) is 10. The van der Waals surface area contributed by atoms with E-state index in [2.05, 4.69) is 15.0 Å². The Morgan fingerprint density at radius 1 is 1.42 bits per heavy atom. The van der Waals surface area contributed by atoms with Crippen LogP contribution < -0.4 is 5.73 Å². The van der Waals surface area contributed by atoms with E-state index in [0.29, 0.717) is 11.2 Å². The molecule has 0 aliphatic carbocycles. The van der Waals surface area contributed by atoms with Gasteiger partial charge < -0.3 is 25.4 Å². The van der Waals surface area contributed by atoms with E-state index in [1.54, 1.807) is 6.92 Å². The van der Waals surface area contributed by atoms with Crippen LogP contribution in [0, 0.1) is 0 Å². The maximum Gasteiger partial charge on any atom is 0.188 e. The molecule has 11 nitrogen and oxygen atoms in total. The number of aromatic nitrogens is 4. The molecule has 2 aromatic rings. The number of aliphatic hydroxyl groups excluding tert-OH is 2. The van der Waals surface area contributed by atoms with Gasteiger partial charge in [-0.15, -0.1) is 0 Å². The first-order valence-electron chi connectivity index (χ1n) is 7.29. The van der Waals surface area contributed by atoms with E-state index in [9.17, 15) is 10.2 Å². The van der Waals surface area contributed by atoms with Crippen molar-refractivity contribution in [2.24, 2.45) is 0 Å². The third-order valence-corrected chi connectivity index (χ3v) is 3.79. The van der Waals surface area contributed by atoms with Crippen LogP contribution in [0.2, 0.25) is 0 Å². The summed E-state index contributed by atoms with van der Waals surface area (Å²) in [5, 5.41) is 19.7. The summed E-state index contributed by atoms with van der Waals surface area (Å²) in [6, 6.07) is 0. The maximum absolute atomic E-state index is 10.3. The number of methoxy groups -OCH3 is 1. The molecule has 132 valence electrons. The molecule has 1 aliphatic rings. The lowest BCUT2D eigenvalue weighted by molar-refractivity contribution is -0.403. The van der Waals surface area contributed by atoms with Gasteiger partial charge in [0.05, 0.1) is 12.9 Å². The van der Waals surface area contributed by atoms with E-state index < -0.39 is 30.8 Å². The molecule has 0 radical (unpaired) electrons. The normalized spacial score (nSPS) is 28.5. The quantitative estimate of drug-likeness (QED) is 0.338. The molecule has 4 N–H and O–H groups in total. The average Bonchev–Trinajstić information content (AvgIpc) is 3.14. The molecule has 2 aromatic heterocycles. The van der Waals surface area contributed by atoms with Crippen molar-refractivity contribution in [3.05, 3.63) is 12.7 Å². The largest absolute Gasteiger partial charge is 0.394 e. The van der Waals surface area contributed by atoms with Gasteiger partial charge in [-0.05, 0) is 6.92 Å². The van der Waals surface area contributed by atoms with Gasteiger partial charge in [-0.1, -0.05) is 0 Å². The summed E-state index contributed by atoms with van der Waals surface area (Å²) in [7, 11) is 1.45. The Bertz CT molecular complexity index is 697. The lowest BCUT2D eigenvalue weighted by atomic mass is 10.1. The van der Waals surface area contributed by atoms with Gasteiger partial charge in [0.2, 0.25) is 0 Å². The molecule has 0 spiro atoms. The number of aliphatic hydroxyl groups is 2. The zero-order valence-electron chi connectivity index (χ0n) is 13.1. The van der Waals surface area contributed by atoms with Crippen molar-refractivity contribution in [2.45, 2.75) is 37.8 Å². The zero-order valence-corrected chi connectivity index (χ0v) is 13.1. The van der Waals surface area contributed by atoms with Crippen molar-refractivity contribution in [2.75, 3.05) is 19.5 Å². The Balaban J connectivity index is 1.91. The Kier molecular flexibility index (Phi) is 4.89. The number of nitrogens with two attached hydrogens (primary N) is 1. The molecule has 0 aromatic carbocycles. The fraction of sp³-hybridized carbons (Fsp3) is 0.615. The second-order valence-corrected chi connectivity index (χ2v) is 5.28. The standard InChI is InChI=1S/C13H19N5O6/c1-6(21-2)23-24-10-9(20)7(3-19)22-13(10)18-5-17-8-11(14)15-4-16-12(8)18/h4-7,9-10,13,19-20H,3H2,1-2H3,(H2,14,15,16)/t6?,7-,9-,10-,13-/m1/s1. The first-order valence-corrected chi connectivity index (χ1v) is 7.29. The summed E-state index contributed by atoms with van der Waals surface area (Å²) in [5.74, 6) is 0.220. The highest BCUT2D eigenvalue weighted by atomic mass is 17.2. The highest BCUT2D eigenvalue weighted by Gasteiger charge is 2.47. The zero-order chi connectivity index (χ0) is 17.3. The number of anilines is 1. The Labute approximate surface area is 136 Å². The van der Waals surface area contributed by atoms with Crippen LogP contribution in [0.5, 0.6) is 0 Å². The van der Waals surface area contributed by atoms with E-state index in [0.717, 1.165) is 0 Å². The molecule has 0 bridgehead atoms. The Hall–Kier alpha value is -1.89. The summed E-state index contributed by atoms with van der Waals surface area (Å²) in [6.07, 6.45) is -1.65. The van der Waals surface area contributed by atoms with Gasteiger partial charge >= 0.3 is 0 Å². The highest BCUT2D eigenvalue weighted by molar-refractivity contribution is 5.81. The lowest BCUT2D eigenvalue weighted by Crippen LogP contribution is -2.36. The third kappa shape index (κ3) is 2.92. The number of nitrogen functional groups attached to an aromatic ring is 1.